The van der Waals surface area contributed by atoms with Gasteiger partial charge in [0.25, 0.3) is 5.91 Å². The minimum absolute atomic E-state index is 0.0744. The van der Waals surface area contributed by atoms with E-state index in [0.29, 0.717) is 36.5 Å². The van der Waals surface area contributed by atoms with Gasteiger partial charge >= 0.3 is 0 Å². The summed E-state index contributed by atoms with van der Waals surface area (Å²) in [4.78, 5) is 14.1. The fourth-order valence-corrected chi connectivity index (χ4v) is 2.50. The average molecular weight is 280 g/mol. The zero-order valence-electron chi connectivity index (χ0n) is 12.0. The van der Waals surface area contributed by atoms with Crippen molar-refractivity contribution in [1.29, 1.82) is 0 Å². The number of carbonyl (C=O) groups is 1. The molecule has 1 aromatic carbocycles. The number of hydrogen-bond donors (Lipinski definition) is 1. The van der Waals surface area contributed by atoms with Crippen molar-refractivity contribution in [2.24, 2.45) is 0 Å². The van der Waals surface area contributed by atoms with E-state index >= 15 is 0 Å². The van der Waals surface area contributed by atoms with E-state index < -0.39 is 5.82 Å². The molecule has 0 radical (unpaired) electrons. The fraction of sp³-hybridized carbons (Fsp3) is 0.533. The minimum atomic E-state index is -0.438. The van der Waals surface area contributed by atoms with Crippen LogP contribution in [-0.2, 0) is 4.74 Å². The Morgan fingerprint density at radius 3 is 2.95 bits per heavy atom. The number of piperidine rings is 1. The molecule has 0 saturated carbocycles. The molecular formula is C15H21FN2O2. The third-order valence-corrected chi connectivity index (χ3v) is 3.70. The Morgan fingerprint density at radius 2 is 2.30 bits per heavy atom. The van der Waals surface area contributed by atoms with E-state index in [4.69, 9.17) is 10.5 Å². The monoisotopic (exact) mass is 280 g/mol. The first-order valence-corrected chi connectivity index (χ1v) is 6.99. The van der Waals surface area contributed by atoms with Crippen molar-refractivity contribution < 1.29 is 13.9 Å². The molecule has 1 saturated heterocycles. The number of rotatable bonds is 3. The Morgan fingerprint density at radius 1 is 1.55 bits per heavy atom. The molecular weight excluding hydrogens is 259 g/mol. The first kappa shape index (κ1) is 14.8. The molecule has 0 aliphatic carbocycles. The number of anilines is 1. The van der Waals surface area contributed by atoms with Gasteiger partial charge in [-0.25, -0.2) is 4.39 Å². The number of likely N-dealkylation sites (tertiary alicyclic amines) is 1. The molecule has 1 heterocycles. The SMILES string of the molecule is CCOC1CCCN(C(=O)c2cc(N)c(C)c(F)c2)C1. The number of nitrogens with zero attached hydrogens (tertiary/aromatic N) is 1. The lowest BCUT2D eigenvalue weighted by Gasteiger charge is -2.32. The molecule has 0 bridgehead atoms. The van der Waals surface area contributed by atoms with Gasteiger partial charge in [-0.05, 0) is 38.8 Å². The van der Waals surface area contributed by atoms with Crippen molar-refractivity contribution in [2.75, 3.05) is 25.4 Å². The second-order valence-electron chi connectivity index (χ2n) is 5.14. The van der Waals surface area contributed by atoms with Crippen LogP contribution in [0.1, 0.15) is 35.7 Å². The molecule has 20 heavy (non-hydrogen) atoms. The summed E-state index contributed by atoms with van der Waals surface area (Å²) in [5.74, 6) is -0.619. The van der Waals surface area contributed by atoms with Gasteiger partial charge < -0.3 is 15.4 Å². The topological polar surface area (TPSA) is 55.6 Å². The molecule has 2 rings (SSSR count). The van der Waals surface area contributed by atoms with Crippen LogP contribution in [0.4, 0.5) is 10.1 Å². The number of benzene rings is 1. The lowest BCUT2D eigenvalue weighted by molar-refractivity contribution is 0.00723. The van der Waals surface area contributed by atoms with E-state index in [1.807, 2.05) is 6.92 Å². The van der Waals surface area contributed by atoms with Crippen molar-refractivity contribution in [2.45, 2.75) is 32.8 Å². The minimum Gasteiger partial charge on any atom is -0.398 e. The van der Waals surface area contributed by atoms with Gasteiger partial charge in [0.1, 0.15) is 5.82 Å². The van der Waals surface area contributed by atoms with Crippen LogP contribution in [0.3, 0.4) is 0 Å². The smallest absolute Gasteiger partial charge is 0.254 e. The van der Waals surface area contributed by atoms with Crippen molar-refractivity contribution in [3.8, 4) is 0 Å². The maximum atomic E-state index is 13.7. The molecule has 1 aliphatic heterocycles. The molecule has 110 valence electrons. The summed E-state index contributed by atoms with van der Waals surface area (Å²) in [5.41, 5.74) is 6.73. The van der Waals surface area contributed by atoms with Gasteiger partial charge in [-0.1, -0.05) is 0 Å². The van der Waals surface area contributed by atoms with Crippen LogP contribution < -0.4 is 5.73 Å². The number of carbonyl (C=O) groups excluding carboxylic acids is 1. The molecule has 5 heteroatoms. The number of ether oxygens (including phenoxy) is 1. The second kappa shape index (κ2) is 6.22. The highest BCUT2D eigenvalue weighted by Crippen LogP contribution is 2.21. The Balaban J connectivity index is 2.14. The Hall–Kier alpha value is -1.62. The van der Waals surface area contributed by atoms with Crippen LogP contribution in [0.5, 0.6) is 0 Å². The molecule has 1 unspecified atom stereocenters. The van der Waals surface area contributed by atoms with E-state index in [1.165, 1.54) is 6.07 Å². The molecule has 0 spiro atoms. The normalized spacial score (nSPS) is 19.1. The highest BCUT2D eigenvalue weighted by molar-refractivity contribution is 5.95. The number of nitrogen functional groups attached to an aromatic ring is 1. The predicted molar refractivity (Wildman–Crippen MR) is 76.1 cm³/mol. The van der Waals surface area contributed by atoms with Gasteiger partial charge in [-0.2, -0.15) is 0 Å². The number of hydrogen-bond acceptors (Lipinski definition) is 3. The quantitative estimate of drug-likeness (QED) is 0.865. The van der Waals surface area contributed by atoms with Crippen LogP contribution in [-0.4, -0.2) is 36.6 Å². The molecule has 1 atom stereocenters. The van der Waals surface area contributed by atoms with E-state index in [-0.39, 0.29) is 12.0 Å². The largest absolute Gasteiger partial charge is 0.398 e. The zero-order chi connectivity index (χ0) is 14.7. The summed E-state index contributed by atoms with van der Waals surface area (Å²) in [6.45, 7) is 5.42. The summed E-state index contributed by atoms with van der Waals surface area (Å²) >= 11 is 0. The molecule has 1 aromatic rings. The highest BCUT2D eigenvalue weighted by Gasteiger charge is 2.25. The molecule has 2 N–H and O–H groups in total. The average Bonchev–Trinajstić information content (AvgIpc) is 2.44. The van der Waals surface area contributed by atoms with Gasteiger partial charge in [0, 0.05) is 36.5 Å². The van der Waals surface area contributed by atoms with Gasteiger partial charge in [0.2, 0.25) is 0 Å². The zero-order valence-corrected chi connectivity index (χ0v) is 12.0. The van der Waals surface area contributed by atoms with Gasteiger partial charge in [0.15, 0.2) is 0 Å². The van der Waals surface area contributed by atoms with Gasteiger partial charge in [-0.15, -0.1) is 0 Å². The lowest BCUT2D eigenvalue weighted by Crippen LogP contribution is -2.43. The van der Waals surface area contributed by atoms with Crippen molar-refractivity contribution in [3.05, 3.63) is 29.1 Å². The molecule has 1 fully saturated rings. The maximum Gasteiger partial charge on any atom is 0.254 e. The summed E-state index contributed by atoms with van der Waals surface area (Å²) in [7, 11) is 0. The van der Waals surface area contributed by atoms with Gasteiger partial charge in [0.05, 0.1) is 6.10 Å². The molecule has 1 amide bonds. The van der Waals surface area contributed by atoms with Crippen LogP contribution in [0.2, 0.25) is 0 Å². The third-order valence-electron chi connectivity index (χ3n) is 3.70. The molecule has 4 nitrogen and oxygen atoms in total. The first-order valence-electron chi connectivity index (χ1n) is 6.99. The summed E-state index contributed by atoms with van der Waals surface area (Å²) < 4.78 is 19.3. The van der Waals surface area contributed by atoms with Crippen LogP contribution in [0.25, 0.3) is 0 Å². The third kappa shape index (κ3) is 3.10. The number of nitrogens with two attached hydrogens (primary N) is 1. The Labute approximate surface area is 118 Å². The standard InChI is InChI=1S/C15H21FN2O2/c1-3-20-12-5-4-6-18(9-12)15(19)11-7-13(16)10(2)14(17)8-11/h7-8,12H,3-6,9,17H2,1-2H3. The maximum absolute atomic E-state index is 13.7. The molecule has 0 aromatic heterocycles. The second-order valence-corrected chi connectivity index (χ2v) is 5.14. The highest BCUT2D eigenvalue weighted by atomic mass is 19.1. The van der Waals surface area contributed by atoms with Crippen molar-refractivity contribution in [3.63, 3.8) is 0 Å². The van der Waals surface area contributed by atoms with E-state index in [2.05, 4.69) is 0 Å². The Bertz CT molecular complexity index is 480. The van der Waals surface area contributed by atoms with E-state index in [1.54, 1.807) is 17.9 Å². The van der Waals surface area contributed by atoms with Crippen molar-refractivity contribution in [1.82, 2.24) is 4.90 Å². The van der Waals surface area contributed by atoms with Gasteiger partial charge in [-0.3, -0.25) is 4.79 Å². The first-order chi connectivity index (χ1) is 9.52. The van der Waals surface area contributed by atoms with Crippen LogP contribution in [0, 0.1) is 12.7 Å². The Kier molecular flexibility index (Phi) is 4.60. The predicted octanol–water partition coefficient (Wildman–Crippen LogP) is 2.36. The van der Waals surface area contributed by atoms with Crippen LogP contribution in [0.15, 0.2) is 12.1 Å². The van der Waals surface area contributed by atoms with Crippen LogP contribution >= 0.6 is 0 Å². The number of amides is 1. The number of halogens is 1. The van der Waals surface area contributed by atoms with E-state index in [0.717, 1.165) is 12.8 Å². The summed E-state index contributed by atoms with van der Waals surface area (Å²) in [5, 5.41) is 0. The van der Waals surface area contributed by atoms with Crippen molar-refractivity contribution >= 4 is 11.6 Å². The lowest BCUT2D eigenvalue weighted by atomic mass is 10.0. The fourth-order valence-electron chi connectivity index (χ4n) is 2.50. The van der Waals surface area contributed by atoms with E-state index in [9.17, 15) is 9.18 Å². The summed E-state index contributed by atoms with van der Waals surface area (Å²) in [6.07, 6.45) is 1.94. The molecule has 1 aliphatic rings. The summed E-state index contributed by atoms with van der Waals surface area (Å²) in [6, 6.07) is 2.81.